The molecule has 1 aromatic rings. The third kappa shape index (κ3) is 4.91. The topological polar surface area (TPSA) is 89.9 Å². The Labute approximate surface area is 122 Å². The molecule has 0 aliphatic heterocycles. The highest BCUT2D eigenvalue weighted by atomic mass is 16.5. The van der Waals surface area contributed by atoms with Crippen molar-refractivity contribution < 1.29 is 29.0 Å². The van der Waals surface area contributed by atoms with E-state index in [1.807, 2.05) is 6.92 Å². The van der Waals surface area contributed by atoms with Gasteiger partial charge in [0, 0.05) is 19.4 Å². The molecule has 0 saturated heterocycles. The number of esters is 2. The largest absolute Gasteiger partial charge is 0.478 e. The molecule has 0 spiro atoms. The smallest absolute Gasteiger partial charge is 0.335 e. The van der Waals surface area contributed by atoms with Gasteiger partial charge in [-0.15, -0.1) is 0 Å². The summed E-state index contributed by atoms with van der Waals surface area (Å²) in [7, 11) is 0. The van der Waals surface area contributed by atoms with E-state index in [1.54, 1.807) is 0 Å². The summed E-state index contributed by atoms with van der Waals surface area (Å²) in [4.78, 5) is 33.5. The van der Waals surface area contributed by atoms with Crippen LogP contribution in [0.1, 0.15) is 49.5 Å². The summed E-state index contributed by atoms with van der Waals surface area (Å²) in [6, 6.07) is 2.53. The van der Waals surface area contributed by atoms with Gasteiger partial charge < -0.3 is 14.6 Å². The fourth-order valence-corrected chi connectivity index (χ4v) is 1.84. The molecule has 0 heterocycles. The summed E-state index contributed by atoms with van der Waals surface area (Å²) in [5.41, 5.74) is 0.412. The van der Waals surface area contributed by atoms with Gasteiger partial charge in [0.1, 0.15) is 11.5 Å². The average Bonchev–Trinajstić information content (AvgIpc) is 2.35. The van der Waals surface area contributed by atoms with Crippen molar-refractivity contribution in [2.24, 2.45) is 0 Å². The Morgan fingerprint density at radius 1 is 1.05 bits per heavy atom. The maximum atomic E-state index is 11.2. The van der Waals surface area contributed by atoms with Gasteiger partial charge in [0.15, 0.2) is 0 Å². The molecule has 0 aliphatic rings. The van der Waals surface area contributed by atoms with E-state index in [2.05, 4.69) is 0 Å². The molecule has 0 amide bonds. The molecule has 0 bridgehead atoms. The number of carbonyl (C=O) groups is 3. The number of carbonyl (C=O) groups excluding carboxylic acids is 2. The number of carboxylic acid groups (broad SMARTS) is 1. The third-order valence-corrected chi connectivity index (χ3v) is 2.70. The monoisotopic (exact) mass is 294 g/mol. The van der Waals surface area contributed by atoms with E-state index >= 15 is 0 Å². The van der Waals surface area contributed by atoms with Gasteiger partial charge in [0.05, 0.1) is 5.56 Å². The van der Waals surface area contributed by atoms with Crippen molar-refractivity contribution in [2.75, 3.05) is 0 Å². The Morgan fingerprint density at radius 3 is 1.86 bits per heavy atom. The van der Waals surface area contributed by atoms with Crippen LogP contribution in [0.3, 0.4) is 0 Å². The lowest BCUT2D eigenvalue weighted by molar-refractivity contribution is -0.132. The van der Waals surface area contributed by atoms with Crippen LogP contribution < -0.4 is 9.47 Å². The maximum Gasteiger partial charge on any atom is 0.335 e. The highest BCUT2D eigenvalue weighted by Crippen LogP contribution is 2.33. The van der Waals surface area contributed by atoms with Crippen LogP contribution in [-0.2, 0) is 16.0 Å². The number of rotatable bonds is 6. The molecule has 0 radical (unpaired) electrons. The second-order valence-electron chi connectivity index (χ2n) is 4.55. The fourth-order valence-electron chi connectivity index (χ4n) is 1.84. The van der Waals surface area contributed by atoms with E-state index in [-0.39, 0.29) is 17.1 Å². The number of aromatic carboxylic acids is 1. The molecule has 6 nitrogen and oxygen atoms in total. The first-order valence-electron chi connectivity index (χ1n) is 6.62. The number of hydrogen-bond donors (Lipinski definition) is 1. The van der Waals surface area contributed by atoms with Crippen molar-refractivity contribution in [3.8, 4) is 11.5 Å². The van der Waals surface area contributed by atoms with Crippen molar-refractivity contribution >= 4 is 17.9 Å². The molecule has 6 heteroatoms. The fraction of sp³-hybridized carbons (Fsp3) is 0.400. The quantitative estimate of drug-likeness (QED) is 0.640. The molecule has 0 fully saturated rings. The Morgan fingerprint density at radius 2 is 1.52 bits per heavy atom. The first-order valence-corrected chi connectivity index (χ1v) is 6.62. The van der Waals surface area contributed by atoms with Crippen LogP contribution in [0.25, 0.3) is 0 Å². The van der Waals surface area contributed by atoms with Gasteiger partial charge in [0.2, 0.25) is 0 Å². The van der Waals surface area contributed by atoms with Gasteiger partial charge in [-0.2, -0.15) is 0 Å². The second kappa shape index (κ2) is 7.42. The molecular formula is C15H18O6. The maximum absolute atomic E-state index is 11.2. The lowest BCUT2D eigenvalue weighted by Crippen LogP contribution is -2.10. The first-order chi connectivity index (χ1) is 9.85. The summed E-state index contributed by atoms with van der Waals surface area (Å²) in [5.74, 6) is -2.09. The number of ether oxygens (including phenoxy) is 2. The first kappa shape index (κ1) is 16.7. The number of benzene rings is 1. The van der Waals surface area contributed by atoms with Crippen molar-refractivity contribution in [2.45, 2.75) is 40.0 Å². The number of carboxylic acids is 1. The number of hydrogen-bond acceptors (Lipinski definition) is 5. The summed E-state index contributed by atoms with van der Waals surface area (Å²) < 4.78 is 10.1. The SMILES string of the molecule is CCCCc1c(OC(C)=O)cc(C(=O)O)cc1OC(C)=O. The van der Waals surface area contributed by atoms with Crippen molar-refractivity contribution in [1.82, 2.24) is 0 Å². The minimum Gasteiger partial charge on any atom is -0.478 e. The zero-order valence-electron chi connectivity index (χ0n) is 12.3. The predicted molar refractivity (Wildman–Crippen MR) is 74.6 cm³/mol. The molecule has 0 unspecified atom stereocenters. The predicted octanol–water partition coefficient (Wildman–Crippen LogP) is 2.58. The molecular weight excluding hydrogens is 276 g/mol. The zero-order valence-corrected chi connectivity index (χ0v) is 12.3. The average molecular weight is 294 g/mol. The van der Waals surface area contributed by atoms with Gasteiger partial charge >= 0.3 is 17.9 Å². The van der Waals surface area contributed by atoms with Crippen LogP contribution in [0.5, 0.6) is 11.5 Å². The molecule has 0 atom stereocenters. The molecule has 0 saturated carbocycles. The van der Waals surface area contributed by atoms with Crippen molar-refractivity contribution in [1.29, 1.82) is 0 Å². The lowest BCUT2D eigenvalue weighted by Gasteiger charge is -2.14. The van der Waals surface area contributed by atoms with Crippen molar-refractivity contribution in [3.05, 3.63) is 23.3 Å². The lowest BCUT2D eigenvalue weighted by atomic mass is 10.0. The highest BCUT2D eigenvalue weighted by Gasteiger charge is 2.18. The summed E-state index contributed by atoms with van der Waals surface area (Å²) in [6.07, 6.45) is 2.19. The summed E-state index contributed by atoms with van der Waals surface area (Å²) in [5, 5.41) is 9.09. The Balaban J connectivity index is 3.39. The number of unbranched alkanes of at least 4 members (excludes halogenated alkanes) is 1. The van der Waals surface area contributed by atoms with E-state index in [9.17, 15) is 14.4 Å². The second-order valence-corrected chi connectivity index (χ2v) is 4.55. The molecule has 114 valence electrons. The van der Waals surface area contributed by atoms with Crippen LogP contribution in [-0.4, -0.2) is 23.0 Å². The highest BCUT2D eigenvalue weighted by molar-refractivity contribution is 5.90. The molecule has 1 rings (SSSR count). The molecule has 0 aromatic heterocycles. The standard InChI is InChI=1S/C15H18O6/c1-4-5-6-12-13(20-9(2)16)7-11(15(18)19)8-14(12)21-10(3)17/h7-8H,4-6H2,1-3H3,(H,18,19). The van der Waals surface area contributed by atoms with E-state index in [0.29, 0.717) is 12.0 Å². The van der Waals surface area contributed by atoms with Crippen LogP contribution in [0, 0.1) is 0 Å². The minimum atomic E-state index is -1.20. The van der Waals surface area contributed by atoms with Gasteiger partial charge in [-0.25, -0.2) is 4.79 Å². The molecule has 21 heavy (non-hydrogen) atoms. The zero-order chi connectivity index (χ0) is 16.0. The van der Waals surface area contributed by atoms with Gasteiger partial charge in [-0.3, -0.25) is 9.59 Å². The summed E-state index contributed by atoms with van der Waals surface area (Å²) in [6.45, 7) is 4.44. The van der Waals surface area contributed by atoms with E-state index in [1.165, 1.54) is 26.0 Å². The Bertz CT molecular complexity index is 524. The van der Waals surface area contributed by atoms with Gasteiger partial charge in [-0.1, -0.05) is 13.3 Å². The van der Waals surface area contributed by atoms with Crippen molar-refractivity contribution in [3.63, 3.8) is 0 Å². The normalized spacial score (nSPS) is 10.0. The van der Waals surface area contributed by atoms with E-state index < -0.39 is 17.9 Å². The molecule has 0 aliphatic carbocycles. The van der Waals surface area contributed by atoms with Crippen LogP contribution in [0.15, 0.2) is 12.1 Å². The minimum absolute atomic E-state index is 0.109. The van der Waals surface area contributed by atoms with Crippen LogP contribution in [0.4, 0.5) is 0 Å². The Kier molecular flexibility index (Phi) is 5.90. The van der Waals surface area contributed by atoms with E-state index in [4.69, 9.17) is 14.6 Å². The molecule has 1 N–H and O–H groups in total. The van der Waals surface area contributed by atoms with Gasteiger partial charge in [-0.05, 0) is 25.0 Å². The van der Waals surface area contributed by atoms with Crippen LogP contribution in [0.2, 0.25) is 0 Å². The Hall–Kier alpha value is -2.37. The molecule has 1 aromatic carbocycles. The van der Waals surface area contributed by atoms with Gasteiger partial charge in [0.25, 0.3) is 0 Å². The summed E-state index contributed by atoms with van der Waals surface area (Å²) >= 11 is 0. The third-order valence-electron chi connectivity index (χ3n) is 2.70. The van der Waals surface area contributed by atoms with E-state index in [0.717, 1.165) is 12.8 Å². The van der Waals surface area contributed by atoms with Crippen LogP contribution >= 0.6 is 0 Å².